The zero-order valence-corrected chi connectivity index (χ0v) is 18.9. The topological polar surface area (TPSA) is 98.1 Å². The molecule has 0 saturated heterocycles. The van der Waals surface area contributed by atoms with Gasteiger partial charge in [-0.25, -0.2) is 15.9 Å². The van der Waals surface area contributed by atoms with Gasteiger partial charge in [0.05, 0.1) is 35.1 Å². The molecule has 2 aromatic carbocycles. The molecule has 1 aromatic heterocycles. The number of carbonyl (C=O) groups is 1. The van der Waals surface area contributed by atoms with E-state index < -0.39 is 17.4 Å². The first-order chi connectivity index (χ1) is 16.9. The van der Waals surface area contributed by atoms with Gasteiger partial charge in [0.25, 0.3) is 5.56 Å². The van der Waals surface area contributed by atoms with Crippen LogP contribution < -0.4 is 5.56 Å². The fraction of sp³-hybridized carbons (Fsp3) is 0.346. The lowest BCUT2D eigenvalue weighted by Gasteiger charge is -2.35. The summed E-state index contributed by atoms with van der Waals surface area (Å²) in [7, 11) is 0. The molecule has 5 rings (SSSR count). The van der Waals surface area contributed by atoms with Crippen molar-refractivity contribution in [1.29, 1.82) is 0 Å². The highest BCUT2D eigenvalue weighted by Gasteiger charge is 2.54. The summed E-state index contributed by atoms with van der Waals surface area (Å²) in [6.45, 7) is 7.17. The largest absolute Gasteiger partial charge is 0.481 e. The summed E-state index contributed by atoms with van der Waals surface area (Å²) < 4.78 is 15.0. The van der Waals surface area contributed by atoms with Crippen LogP contribution >= 0.6 is 0 Å². The van der Waals surface area contributed by atoms with Gasteiger partial charge in [-0.15, -0.1) is 0 Å². The van der Waals surface area contributed by atoms with Crippen LogP contribution in [0.15, 0.2) is 52.4 Å². The van der Waals surface area contributed by atoms with Crippen molar-refractivity contribution in [2.75, 3.05) is 0 Å². The lowest BCUT2D eigenvalue weighted by atomic mass is 9.73. The Morgan fingerprint density at radius 3 is 2.71 bits per heavy atom. The molecule has 0 amide bonds. The summed E-state index contributed by atoms with van der Waals surface area (Å²) in [6.07, 6.45) is 3.36. The summed E-state index contributed by atoms with van der Waals surface area (Å²) >= 11 is 0. The number of aryl methyl sites for hydroxylation is 1. The summed E-state index contributed by atoms with van der Waals surface area (Å²) in [5.41, 5.74) is 1.91. The molecule has 1 aliphatic heterocycles. The SMILES string of the molecule is [C-]#[N+]C1CC2(CC(c3ccc4c(=O)n(-c5ccc(F)cc5)c(CCCCC(=O)O)nc4c3)=NO2)C1. The third-order valence-electron chi connectivity index (χ3n) is 6.63. The van der Waals surface area contributed by atoms with E-state index in [9.17, 15) is 14.0 Å². The van der Waals surface area contributed by atoms with Gasteiger partial charge in [0.2, 0.25) is 6.04 Å². The number of benzene rings is 2. The summed E-state index contributed by atoms with van der Waals surface area (Å²) in [6, 6.07) is 11.0. The molecule has 8 nitrogen and oxygen atoms in total. The molecule has 178 valence electrons. The Balaban J connectivity index is 1.50. The number of hydrogen-bond acceptors (Lipinski definition) is 5. The molecule has 3 aromatic rings. The van der Waals surface area contributed by atoms with Gasteiger partial charge < -0.3 is 14.8 Å². The maximum absolute atomic E-state index is 13.5. The summed E-state index contributed by atoms with van der Waals surface area (Å²) in [4.78, 5) is 38.4. The van der Waals surface area contributed by atoms with Crippen LogP contribution in [0.3, 0.4) is 0 Å². The zero-order chi connectivity index (χ0) is 24.6. The van der Waals surface area contributed by atoms with Crippen LogP contribution in [0.2, 0.25) is 0 Å². The number of fused-ring (bicyclic) bond motifs is 1. The average Bonchev–Trinajstić information content (AvgIpc) is 3.27. The smallest absolute Gasteiger partial charge is 0.303 e. The first-order valence-corrected chi connectivity index (χ1v) is 11.5. The molecule has 0 bridgehead atoms. The number of carboxylic acids is 1. The predicted octanol–water partition coefficient (Wildman–Crippen LogP) is 4.27. The number of aromatic nitrogens is 2. The third-order valence-corrected chi connectivity index (χ3v) is 6.63. The van der Waals surface area contributed by atoms with Crippen molar-refractivity contribution in [2.24, 2.45) is 5.16 Å². The van der Waals surface area contributed by atoms with Crippen molar-refractivity contribution in [3.05, 3.63) is 81.4 Å². The van der Waals surface area contributed by atoms with Crippen LogP contribution in [0, 0.1) is 12.4 Å². The number of halogens is 1. The van der Waals surface area contributed by atoms with Gasteiger partial charge >= 0.3 is 5.97 Å². The Labute approximate surface area is 200 Å². The number of unbranched alkanes of at least 4 members (excludes halogenated alkanes) is 1. The van der Waals surface area contributed by atoms with E-state index in [-0.39, 0.29) is 18.0 Å². The molecular weight excluding hydrogens is 451 g/mol. The molecule has 0 unspecified atom stereocenters. The van der Waals surface area contributed by atoms with Crippen LogP contribution in [0.25, 0.3) is 21.4 Å². The average molecular weight is 474 g/mol. The number of oxime groups is 1. The van der Waals surface area contributed by atoms with Crippen molar-refractivity contribution in [2.45, 2.75) is 56.6 Å². The minimum atomic E-state index is -0.872. The van der Waals surface area contributed by atoms with Crippen LogP contribution in [0.4, 0.5) is 4.39 Å². The lowest BCUT2D eigenvalue weighted by Crippen LogP contribution is -2.45. The highest BCUT2D eigenvalue weighted by molar-refractivity contribution is 6.04. The van der Waals surface area contributed by atoms with Gasteiger partial charge in [0.1, 0.15) is 11.6 Å². The first-order valence-electron chi connectivity index (χ1n) is 11.5. The number of aliphatic carboxylic acids is 1. The van der Waals surface area contributed by atoms with Gasteiger partial charge in [-0.3, -0.25) is 14.2 Å². The minimum absolute atomic E-state index is 0.0172. The molecule has 0 radical (unpaired) electrons. The van der Waals surface area contributed by atoms with E-state index in [1.807, 2.05) is 12.1 Å². The van der Waals surface area contributed by atoms with E-state index in [2.05, 4.69) is 10.0 Å². The fourth-order valence-electron chi connectivity index (χ4n) is 4.78. The van der Waals surface area contributed by atoms with Crippen molar-refractivity contribution < 1.29 is 19.1 Å². The third kappa shape index (κ3) is 4.39. The molecule has 2 heterocycles. The number of carboxylic acid groups (broad SMARTS) is 1. The van der Waals surface area contributed by atoms with Crippen LogP contribution in [-0.2, 0) is 16.1 Å². The molecule has 1 saturated carbocycles. The molecule has 1 spiro atoms. The highest BCUT2D eigenvalue weighted by Crippen LogP contribution is 2.45. The monoisotopic (exact) mass is 474 g/mol. The van der Waals surface area contributed by atoms with Crippen molar-refractivity contribution in [1.82, 2.24) is 9.55 Å². The lowest BCUT2D eigenvalue weighted by molar-refractivity contribution is -0.137. The molecule has 1 fully saturated rings. The van der Waals surface area contributed by atoms with Crippen LogP contribution in [0.5, 0.6) is 0 Å². The maximum Gasteiger partial charge on any atom is 0.303 e. The zero-order valence-electron chi connectivity index (χ0n) is 18.9. The van der Waals surface area contributed by atoms with Crippen molar-refractivity contribution in [3.8, 4) is 5.69 Å². The number of hydrogen-bond donors (Lipinski definition) is 1. The summed E-state index contributed by atoms with van der Waals surface area (Å²) in [5, 5.41) is 13.6. The predicted molar refractivity (Wildman–Crippen MR) is 127 cm³/mol. The number of nitrogens with zero attached hydrogens (tertiary/aromatic N) is 4. The van der Waals surface area contributed by atoms with E-state index in [1.54, 1.807) is 6.07 Å². The molecular formula is C26H23FN4O4. The van der Waals surface area contributed by atoms with Gasteiger partial charge in [-0.05, 0) is 49.2 Å². The van der Waals surface area contributed by atoms with E-state index in [0.29, 0.717) is 60.9 Å². The Bertz CT molecular complexity index is 1430. The normalized spacial score (nSPS) is 20.8. The Morgan fingerprint density at radius 2 is 2.00 bits per heavy atom. The molecule has 0 atom stereocenters. The molecule has 1 N–H and O–H groups in total. The van der Waals surface area contributed by atoms with E-state index in [0.717, 1.165) is 11.3 Å². The standard InChI is InChI=1S/C26H23FN4O4/c1-28-18-13-26(14-18)15-22(30-35-26)16-6-11-20-21(12-16)29-23(4-2-3-5-24(32)33)31(25(20)34)19-9-7-17(27)8-10-19/h6-12,18H,2-5,13-15H2,(H,32,33). The molecule has 9 heteroatoms. The Hall–Kier alpha value is -4.06. The highest BCUT2D eigenvalue weighted by atomic mass is 19.1. The van der Waals surface area contributed by atoms with Crippen molar-refractivity contribution in [3.63, 3.8) is 0 Å². The van der Waals surface area contributed by atoms with Gasteiger partial charge in [0.15, 0.2) is 5.60 Å². The molecule has 1 aliphatic carbocycles. The number of rotatable bonds is 7. The fourth-order valence-corrected chi connectivity index (χ4v) is 4.78. The molecule has 2 aliphatic rings. The second kappa shape index (κ2) is 8.95. The van der Waals surface area contributed by atoms with E-state index in [1.165, 1.54) is 28.8 Å². The van der Waals surface area contributed by atoms with E-state index >= 15 is 0 Å². The minimum Gasteiger partial charge on any atom is -0.481 e. The summed E-state index contributed by atoms with van der Waals surface area (Å²) in [5.74, 6) is -0.796. The van der Waals surface area contributed by atoms with Crippen LogP contribution in [-0.4, -0.2) is 38.0 Å². The van der Waals surface area contributed by atoms with Gasteiger partial charge in [-0.2, -0.15) is 0 Å². The second-order valence-corrected chi connectivity index (χ2v) is 9.16. The van der Waals surface area contributed by atoms with Gasteiger partial charge in [-0.1, -0.05) is 11.2 Å². The van der Waals surface area contributed by atoms with E-state index in [4.69, 9.17) is 21.5 Å². The van der Waals surface area contributed by atoms with Gasteiger partial charge in [0, 0.05) is 24.8 Å². The quantitative estimate of drug-likeness (QED) is 0.407. The van der Waals surface area contributed by atoms with Crippen LogP contribution in [0.1, 0.15) is 49.9 Å². The molecule has 35 heavy (non-hydrogen) atoms. The Kier molecular flexibility index (Phi) is 5.81. The Morgan fingerprint density at radius 1 is 1.23 bits per heavy atom. The maximum atomic E-state index is 13.5. The second-order valence-electron chi connectivity index (χ2n) is 9.16. The van der Waals surface area contributed by atoms with Crippen molar-refractivity contribution >= 4 is 22.6 Å². The first kappa shape index (κ1) is 22.7.